The largest absolute Gasteiger partial charge is 0.464 e. The predicted molar refractivity (Wildman–Crippen MR) is 92.2 cm³/mol. The van der Waals surface area contributed by atoms with Crippen molar-refractivity contribution in [1.29, 1.82) is 0 Å². The van der Waals surface area contributed by atoms with E-state index in [1.165, 1.54) is 12.0 Å². The zero-order chi connectivity index (χ0) is 17.1. The van der Waals surface area contributed by atoms with Gasteiger partial charge in [-0.3, -0.25) is 4.79 Å². The lowest BCUT2D eigenvalue weighted by Crippen LogP contribution is -3.14. The monoisotopic (exact) mass is 330 g/mol. The Morgan fingerprint density at radius 1 is 1.29 bits per heavy atom. The third-order valence-electron chi connectivity index (χ3n) is 4.75. The highest BCUT2D eigenvalue weighted by molar-refractivity contribution is 6.11. The van der Waals surface area contributed by atoms with Crippen LogP contribution in [0.1, 0.15) is 30.3 Å². The van der Waals surface area contributed by atoms with E-state index in [1.54, 1.807) is 0 Å². The first-order valence-corrected chi connectivity index (χ1v) is 8.41. The molecule has 1 aromatic carbocycles. The molecule has 1 aliphatic rings. The first-order chi connectivity index (χ1) is 11.6. The number of carbonyl (C=O) groups excluding carboxylic acids is 2. The highest BCUT2D eigenvalue weighted by Gasteiger charge is 2.24. The number of anilines is 1. The van der Waals surface area contributed by atoms with E-state index in [9.17, 15) is 9.59 Å². The van der Waals surface area contributed by atoms with Crippen LogP contribution in [-0.2, 0) is 9.53 Å². The van der Waals surface area contributed by atoms with E-state index in [0.29, 0.717) is 12.2 Å². The summed E-state index contributed by atoms with van der Waals surface area (Å²) >= 11 is 0. The van der Waals surface area contributed by atoms with Crippen molar-refractivity contribution in [3.05, 3.63) is 30.0 Å². The number of methoxy groups -OCH3 is 1. The number of ether oxygens (including phenoxy) is 1. The fraction of sp³-hybridized carbons (Fsp3) is 0.444. The lowest BCUT2D eigenvalue weighted by Gasteiger charge is -2.26. The van der Waals surface area contributed by atoms with Gasteiger partial charge in [0, 0.05) is 10.9 Å². The molecule has 1 saturated heterocycles. The molecule has 0 bridgehead atoms. The first kappa shape index (κ1) is 16.5. The van der Waals surface area contributed by atoms with Crippen LogP contribution in [-0.4, -0.2) is 43.6 Å². The summed E-state index contributed by atoms with van der Waals surface area (Å²) in [5.41, 5.74) is 1.59. The first-order valence-electron chi connectivity index (χ1n) is 8.41. The number of benzene rings is 1. The molecule has 0 atom stereocenters. The number of hydrogen-bond acceptors (Lipinski definition) is 3. The molecule has 1 aliphatic heterocycles. The molecule has 0 saturated carbocycles. The summed E-state index contributed by atoms with van der Waals surface area (Å²) in [4.78, 5) is 28.8. The number of para-hydroxylation sites is 1. The summed E-state index contributed by atoms with van der Waals surface area (Å²) < 4.78 is 4.82. The van der Waals surface area contributed by atoms with Crippen LogP contribution < -0.4 is 10.2 Å². The number of aromatic nitrogens is 1. The third-order valence-corrected chi connectivity index (χ3v) is 4.75. The second-order valence-corrected chi connectivity index (χ2v) is 6.57. The molecule has 0 unspecified atom stereocenters. The molecule has 6 heteroatoms. The Morgan fingerprint density at radius 2 is 2.00 bits per heavy atom. The molecule has 2 heterocycles. The molecular formula is C18H24N3O3+. The Balaban J connectivity index is 1.78. The number of likely N-dealkylation sites (tertiary alicyclic amines) is 1. The number of carbonyl (C=O) groups is 2. The Bertz CT molecular complexity index is 745. The summed E-state index contributed by atoms with van der Waals surface area (Å²) in [5, 5.41) is 3.73. The van der Waals surface area contributed by atoms with Gasteiger partial charge in [-0.05, 0) is 24.8 Å². The SMILES string of the molecule is COC(=O)c1[nH]c2ccccc2c1NC(=O)C[NH+]1CCC(C)CC1. The topological polar surface area (TPSA) is 75.6 Å². The number of rotatable bonds is 4. The average Bonchev–Trinajstić information content (AvgIpc) is 2.95. The second-order valence-electron chi connectivity index (χ2n) is 6.57. The number of aromatic amines is 1. The Kier molecular flexibility index (Phi) is 4.85. The Labute approximate surface area is 141 Å². The molecule has 1 aromatic heterocycles. The van der Waals surface area contributed by atoms with Crippen LogP contribution in [0.4, 0.5) is 5.69 Å². The van der Waals surface area contributed by atoms with Crippen molar-refractivity contribution in [3.63, 3.8) is 0 Å². The molecule has 3 N–H and O–H groups in total. The molecule has 2 aromatic rings. The van der Waals surface area contributed by atoms with Gasteiger partial charge in [-0.25, -0.2) is 4.79 Å². The number of hydrogen-bond donors (Lipinski definition) is 3. The van der Waals surface area contributed by atoms with Crippen LogP contribution >= 0.6 is 0 Å². The molecular weight excluding hydrogens is 306 g/mol. The minimum absolute atomic E-state index is 0.0746. The van der Waals surface area contributed by atoms with Crippen molar-refractivity contribution in [3.8, 4) is 0 Å². The molecule has 128 valence electrons. The fourth-order valence-electron chi connectivity index (χ4n) is 3.28. The van der Waals surface area contributed by atoms with Gasteiger partial charge >= 0.3 is 5.97 Å². The lowest BCUT2D eigenvalue weighted by atomic mass is 9.99. The number of quaternary nitrogens is 1. The highest BCUT2D eigenvalue weighted by atomic mass is 16.5. The summed E-state index contributed by atoms with van der Waals surface area (Å²) in [6.07, 6.45) is 2.31. The van der Waals surface area contributed by atoms with E-state index in [4.69, 9.17) is 4.74 Å². The number of esters is 1. The van der Waals surface area contributed by atoms with Crippen LogP contribution in [0.5, 0.6) is 0 Å². The van der Waals surface area contributed by atoms with E-state index < -0.39 is 5.97 Å². The number of H-pyrrole nitrogens is 1. The lowest BCUT2D eigenvalue weighted by molar-refractivity contribution is -0.897. The molecule has 1 amide bonds. The highest BCUT2D eigenvalue weighted by Crippen LogP contribution is 2.28. The number of amides is 1. The van der Waals surface area contributed by atoms with E-state index >= 15 is 0 Å². The Morgan fingerprint density at radius 3 is 2.71 bits per heavy atom. The smallest absolute Gasteiger partial charge is 0.356 e. The number of nitrogens with one attached hydrogen (secondary N) is 3. The molecule has 0 radical (unpaired) electrons. The van der Waals surface area contributed by atoms with E-state index in [-0.39, 0.29) is 11.6 Å². The maximum atomic E-state index is 12.5. The number of fused-ring (bicyclic) bond motifs is 1. The van der Waals surface area contributed by atoms with Crippen LogP contribution in [0.15, 0.2) is 24.3 Å². The maximum absolute atomic E-state index is 12.5. The average molecular weight is 330 g/mol. The quantitative estimate of drug-likeness (QED) is 0.738. The zero-order valence-corrected chi connectivity index (χ0v) is 14.1. The van der Waals surface area contributed by atoms with Gasteiger partial charge in [0.1, 0.15) is 5.69 Å². The van der Waals surface area contributed by atoms with Crippen LogP contribution in [0, 0.1) is 5.92 Å². The molecule has 6 nitrogen and oxygen atoms in total. The molecule has 24 heavy (non-hydrogen) atoms. The number of piperidine rings is 1. The van der Waals surface area contributed by atoms with Crippen molar-refractivity contribution in [2.45, 2.75) is 19.8 Å². The zero-order valence-electron chi connectivity index (χ0n) is 14.1. The Hall–Kier alpha value is -2.34. The minimum Gasteiger partial charge on any atom is -0.464 e. The van der Waals surface area contributed by atoms with Gasteiger partial charge in [-0.2, -0.15) is 0 Å². The van der Waals surface area contributed by atoms with Crippen molar-refractivity contribution < 1.29 is 19.2 Å². The van der Waals surface area contributed by atoms with Gasteiger partial charge in [0.05, 0.1) is 25.9 Å². The van der Waals surface area contributed by atoms with Gasteiger partial charge in [0.25, 0.3) is 5.91 Å². The predicted octanol–water partition coefficient (Wildman–Crippen LogP) is 1.21. The van der Waals surface area contributed by atoms with Gasteiger partial charge in [-0.1, -0.05) is 25.1 Å². The maximum Gasteiger partial charge on any atom is 0.356 e. The van der Waals surface area contributed by atoms with E-state index in [1.807, 2.05) is 24.3 Å². The van der Waals surface area contributed by atoms with Crippen molar-refractivity contribution in [2.75, 3.05) is 32.1 Å². The second kappa shape index (κ2) is 7.05. The molecule has 0 aliphatic carbocycles. The standard InChI is InChI=1S/C18H23N3O3/c1-12-7-9-21(10-8-12)11-15(22)20-16-13-5-3-4-6-14(13)19-17(16)18(23)24-2/h3-6,12,19H,7-11H2,1-2H3,(H,20,22)/p+1. The van der Waals surface area contributed by atoms with E-state index in [2.05, 4.69) is 17.2 Å². The van der Waals surface area contributed by atoms with Gasteiger partial charge in [0.15, 0.2) is 6.54 Å². The van der Waals surface area contributed by atoms with Crippen molar-refractivity contribution >= 4 is 28.5 Å². The molecule has 1 fully saturated rings. The normalized spacial score (nSPS) is 20.8. The summed E-state index contributed by atoms with van der Waals surface area (Å²) in [7, 11) is 1.33. The fourth-order valence-corrected chi connectivity index (χ4v) is 3.28. The van der Waals surface area contributed by atoms with Crippen LogP contribution in [0.25, 0.3) is 10.9 Å². The van der Waals surface area contributed by atoms with Crippen molar-refractivity contribution in [1.82, 2.24) is 4.98 Å². The summed E-state index contributed by atoms with van der Waals surface area (Å²) in [6, 6.07) is 7.51. The third kappa shape index (κ3) is 3.43. The summed E-state index contributed by atoms with van der Waals surface area (Å²) in [5.74, 6) is 0.187. The van der Waals surface area contributed by atoms with Crippen LogP contribution in [0.2, 0.25) is 0 Å². The van der Waals surface area contributed by atoms with Crippen LogP contribution in [0.3, 0.4) is 0 Å². The minimum atomic E-state index is -0.486. The van der Waals surface area contributed by atoms with E-state index in [0.717, 1.165) is 42.8 Å². The molecule has 0 spiro atoms. The van der Waals surface area contributed by atoms with Gasteiger partial charge < -0.3 is 19.9 Å². The summed E-state index contributed by atoms with van der Waals surface area (Å²) in [6.45, 7) is 4.72. The molecule has 3 rings (SSSR count). The van der Waals surface area contributed by atoms with Crippen molar-refractivity contribution in [2.24, 2.45) is 5.92 Å². The van der Waals surface area contributed by atoms with Gasteiger partial charge in [0.2, 0.25) is 0 Å². The van der Waals surface area contributed by atoms with Gasteiger partial charge in [-0.15, -0.1) is 0 Å².